The van der Waals surface area contributed by atoms with Crippen molar-refractivity contribution in [1.29, 1.82) is 5.41 Å². The lowest BCUT2D eigenvalue weighted by Crippen LogP contribution is -2.17. The maximum Gasteiger partial charge on any atom is 0.229 e. The number of rotatable bonds is 6. The zero-order chi connectivity index (χ0) is 18.5. The van der Waals surface area contributed by atoms with Gasteiger partial charge in [-0.15, -0.1) is 0 Å². The highest BCUT2D eigenvalue weighted by molar-refractivity contribution is 6.13. The molecular formula is C20H20FN5. The van der Waals surface area contributed by atoms with Crippen LogP contribution in [0, 0.1) is 11.2 Å². The average molecular weight is 349 g/mol. The van der Waals surface area contributed by atoms with E-state index >= 15 is 0 Å². The molecule has 0 spiro atoms. The van der Waals surface area contributed by atoms with Crippen LogP contribution in [0.15, 0.2) is 60.8 Å². The van der Waals surface area contributed by atoms with Crippen LogP contribution in [0.2, 0.25) is 0 Å². The molecule has 3 aromatic rings. The van der Waals surface area contributed by atoms with Crippen molar-refractivity contribution in [2.75, 3.05) is 10.6 Å². The first-order valence-electron chi connectivity index (χ1n) is 8.33. The van der Waals surface area contributed by atoms with E-state index in [1.165, 1.54) is 12.1 Å². The molecule has 0 fully saturated rings. The summed E-state index contributed by atoms with van der Waals surface area (Å²) in [6.45, 7) is 4.01. The standard InChI is InChI=1S/C20H20FN5/c1-13(2)24-19-17(18(22)14-6-4-3-5-7-14)12-23-20(26-19)25-16-10-8-15(21)9-11-16/h3-13,22H,1-2H3,(H2,23,24,25,26). The monoisotopic (exact) mass is 349 g/mol. The van der Waals surface area contributed by atoms with Crippen molar-refractivity contribution in [2.24, 2.45) is 0 Å². The molecule has 26 heavy (non-hydrogen) atoms. The van der Waals surface area contributed by atoms with E-state index < -0.39 is 0 Å². The SMILES string of the molecule is CC(C)Nc1nc(Nc2ccc(F)cc2)ncc1C(=N)c1ccccc1. The van der Waals surface area contributed by atoms with Crippen molar-refractivity contribution in [1.82, 2.24) is 9.97 Å². The van der Waals surface area contributed by atoms with Gasteiger partial charge in [0.2, 0.25) is 5.95 Å². The first-order valence-corrected chi connectivity index (χ1v) is 8.33. The van der Waals surface area contributed by atoms with Gasteiger partial charge in [0.05, 0.1) is 11.3 Å². The molecule has 0 bridgehead atoms. The van der Waals surface area contributed by atoms with E-state index in [9.17, 15) is 4.39 Å². The van der Waals surface area contributed by atoms with Gasteiger partial charge in [-0.1, -0.05) is 30.3 Å². The molecule has 1 aromatic heterocycles. The third-order valence-corrected chi connectivity index (χ3v) is 3.65. The topological polar surface area (TPSA) is 73.7 Å². The summed E-state index contributed by atoms with van der Waals surface area (Å²) in [6, 6.07) is 15.6. The van der Waals surface area contributed by atoms with Crippen LogP contribution in [0.1, 0.15) is 25.0 Å². The first kappa shape index (κ1) is 17.5. The number of benzene rings is 2. The molecule has 2 aromatic carbocycles. The Bertz CT molecular complexity index is 892. The number of nitrogens with zero attached hydrogens (tertiary/aromatic N) is 2. The number of nitrogens with one attached hydrogen (secondary N) is 3. The fourth-order valence-corrected chi connectivity index (χ4v) is 2.43. The minimum Gasteiger partial charge on any atom is -0.367 e. The van der Waals surface area contributed by atoms with Gasteiger partial charge < -0.3 is 10.6 Å². The van der Waals surface area contributed by atoms with Crippen molar-refractivity contribution in [3.63, 3.8) is 0 Å². The van der Waals surface area contributed by atoms with Gasteiger partial charge >= 0.3 is 0 Å². The smallest absolute Gasteiger partial charge is 0.229 e. The van der Waals surface area contributed by atoms with E-state index in [1.807, 2.05) is 44.2 Å². The zero-order valence-corrected chi connectivity index (χ0v) is 14.6. The second-order valence-corrected chi connectivity index (χ2v) is 6.13. The van der Waals surface area contributed by atoms with E-state index in [0.717, 1.165) is 5.56 Å². The lowest BCUT2D eigenvalue weighted by atomic mass is 10.0. The Kier molecular flexibility index (Phi) is 5.22. The van der Waals surface area contributed by atoms with Gasteiger partial charge in [0.25, 0.3) is 0 Å². The van der Waals surface area contributed by atoms with Crippen molar-refractivity contribution >= 4 is 23.2 Å². The third kappa shape index (κ3) is 4.22. The van der Waals surface area contributed by atoms with E-state index in [-0.39, 0.29) is 11.9 Å². The molecule has 132 valence electrons. The maximum atomic E-state index is 13.0. The molecule has 3 N–H and O–H groups in total. The fraction of sp³-hybridized carbons (Fsp3) is 0.150. The number of halogens is 1. The molecule has 3 rings (SSSR count). The highest BCUT2D eigenvalue weighted by Gasteiger charge is 2.14. The Balaban J connectivity index is 1.92. The molecule has 0 aliphatic rings. The fourth-order valence-electron chi connectivity index (χ4n) is 2.43. The maximum absolute atomic E-state index is 13.0. The van der Waals surface area contributed by atoms with Crippen LogP contribution in [0.4, 0.5) is 21.8 Å². The predicted octanol–water partition coefficient (Wildman–Crippen LogP) is 4.60. The number of anilines is 3. The lowest BCUT2D eigenvalue weighted by Gasteiger charge is -2.16. The van der Waals surface area contributed by atoms with Crippen molar-refractivity contribution in [3.8, 4) is 0 Å². The van der Waals surface area contributed by atoms with Crippen LogP contribution >= 0.6 is 0 Å². The quantitative estimate of drug-likeness (QED) is 0.569. The third-order valence-electron chi connectivity index (χ3n) is 3.65. The molecule has 5 nitrogen and oxygen atoms in total. The van der Waals surface area contributed by atoms with Crippen LogP contribution in [-0.4, -0.2) is 21.7 Å². The van der Waals surface area contributed by atoms with Crippen LogP contribution in [-0.2, 0) is 0 Å². The summed E-state index contributed by atoms with van der Waals surface area (Å²) in [5, 5.41) is 14.8. The Morgan fingerprint density at radius 3 is 2.38 bits per heavy atom. The van der Waals surface area contributed by atoms with Gasteiger partial charge in [0.1, 0.15) is 11.6 Å². The van der Waals surface area contributed by atoms with Gasteiger partial charge in [-0.05, 0) is 38.1 Å². The Labute approximate surface area is 151 Å². The molecule has 0 unspecified atom stereocenters. The number of hydrogen-bond donors (Lipinski definition) is 3. The Morgan fingerprint density at radius 2 is 1.73 bits per heavy atom. The lowest BCUT2D eigenvalue weighted by molar-refractivity contribution is 0.628. The Morgan fingerprint density at radius 1 is 1.04 bits per heavy atom. The molecule has 0 saturated heterocycles. The van der Waals surface area contributed by atoms with Crippen molar-refractivity contribution in [2.45, 2.75) is 19.9 Å². The van der Waals surface area contributed by atoms with Crippen molar-refractivity contribution in [3.05, 3.63) is 77.7 Å². The van der Waals surface area contributed by atoms with Crippen molar-refractivity contribution < 1.29 is 4.39 Å². The zero-order valence-electron chi connectivity index (χ0n) is 14.6. The van der Waals surface area contributed by atoms with Gasteiger partial charge in [0, 0.05) is 23.5 Å². The van der Waals surface area contributed by atoms with Crippen LogP contribution in [0.25, 0.3) is 0 Å². The summed E-state index contributed by atoms with van der Waals surface area (Å²) in [4.78, 5) is 8.82. The van der Waals surface area contributed by atoms with Gasteiger partial charge in [-0.25, -0.2) is 9.37 Å². The summed E-state index contributed by atoms with van der Waals surface area (Å²) >= 11 is 0. The predicted molar refractivity (Wildman–Crippen MR) is 103 cm³/mol. The summed E-state index contributed by atoms with van der Waals surface area (Å²) in [5.74, 6) is 0.656. The summed E-state index contributed by atoms with van der Waals surface area (Å²) < 4.78 is 13.0. The minimum absolute atomic E-state index is 0.144. The first-order chi connectivity index (χ1) is 12.5. The molecule has 0 aliphatic carbocycles. The molecule has 0 atom stereocenters. The highest BCUT2D eigenvalue weighted by atomic mass is 19.1. The van der Waals surface area contributed by atoms with E-state index in [1.54, 1.807) is 18.3 Å². The van der Waals surface area contributed by atoms with Crippen LogP contribution < -0.4 is 10.6 Å². The number of aromatic nitrogens is 2. The van der Waals surface area contributed by atoms with E-state index in [2.05, 4.69) is 20.6 Å². The molecule has 0 radical (unpaired) electrons. The van der Waals surface area contributed by atoms with E-state index in [4.69, 9.17) is 5.41 Å². The normalized spacial score (nSPS) is 10.6. The van der Waals surface area contributed by atoms with Gasteiger partial charge in [-0.2, -0.15) is 4.98 Å². The molecule has 6 heteroatoms. The summed E-state index contributed by atoms with van der Waals surface area (Å²) in [6.07, 6.45) is 1.62. The second-order valence-electron chi connectivity index (χ2n) is 6.13. The Hall–Kier alpha value is -3.28. The minimum atomic E-state index is -0.301. The molecule has 0 aliphatic heterocycles. The number of hydrogen-bond acceptors (Lipinski definition) is 5. The average Bonchev–Trinajstić information content (AvgIpc) is 2.64. The molecule has 1 heterocycles. The second kappa shape index (κ2) is 7.74. The summed E-state index contributed by atoms with van der Waals surface area (Å²) in [7, 11) is 0. The van der Waals surface area contributed by atoms with E-state index in [0.29, 0.717) is 28.7 Å². The highest BCUT2D eigenvalue weighted by Crippen LogP contribution is 2.21. The summed E-state index contributed by atoms with van der Waals surface area (Å²) in [5.41, 5.74) is 2.45. The van der Waals surface area contributed by atoms with Crippen LogP contribution in [0.5, 0.6) is 0 Å². The molecule has 0 saturated carbocycles. The van der Waals surface area contributed by atoms with Gasteiger partial charge in [-0.3, -0.25) is 5.41 Å². The molecular weight excluding hydrogens is 329 g/mol. The van der Waals surface area contributed by atoms with Gasteiger partial charge in [0.15, 0.2) is 0 Å². The largest absolute Gasteiger partial charge is 0.367 e. The van der Waals surface area contributed by atoms with Crippen LogP contribution in [0.3, 0.4) is 0 Å². The molecule has 0 amide bonds.